The Kier molecular flexibility index (Phi) is 10.9. The molecule has 5 heterocycles. The Hall–Kier alpha value is -5.94. The number of anilines is 1. The number of aryl methyl sites for hydroxylation is 3. The lowest BCUT2D eigenvalue weighted by Gasteiger charge is -2.28. The molecular weight excluding hydrogens is 702 g/mol. The van der Waals surface area contributed by atoms with Crippen molar-refractivity contribution >= 4 is 28.0 Å². The van der Waals surface area contributed by atoms with E-state index in [2.05, 4.69) is 25.3 Å². The van der Waals surface area contributed by atoms with Gasteiger partial charge < -0.3 is 24.6 Å². The summed E-state index contributed by atoms with van der Waals surface area (Å²) in [7, 11) is 0. The molecule has 6 aromatic rings. The van der Waals surface area contributed by atoms with E-state index in [9.17, 15) is 32.3 Å². The number of aliphatic hydroxyl groups excluding tert-OH is 1. The second-order valence-electron chi connectivity index (χ2n) is 11.8. The molecule has 0 bridgehead atoms. The third-order valence-corrected chi connectivity index (χ3v) is 8.21. The summed E-state index contributed by atoms with van der Waals surface area (Å²) in [6, 6.07) is 8.34. The Labute approximate surface area is 298 Å². The van der Waals surface area contributed by atoms with Crippen LogP contribution in [-0.2, 0) is 17.8 Å². The number of hydrogen-bond acceptors (Lipinski definition) is 11. The quantitative estimate of drug-likeness (QED) is 0.187. The summed E-state index contributed by atoms with van der Waals surface area (Å²) >= 11 is 0. The highest BCUT2D eigenvalue weighted by Gasteiger charge is 2.25. The van der Waals surface area contributed by atoms with Gasteiger partial charge in [0.25, 0.3) is 11.1 Å². The van der Waals surface area contributed by atoms with E-state index in [1.807, 2.05) is 0 Å². The highest BCUT2D eigenvalue weighted by molar-refractivity contribution is 5.77. The number of hydrogen-bond donors (Lipinski definition) is 2. The number of ether oxygens (including phenoxy) is 3. The molecule has 1 fully saturated rings. The van der Waals surface area contributed by atoms with Gasteiger partial charge in [0.15, 0.2) is 34.6 Å². The van der Waals surface area contributed by atoms with Crippen molar-refractivity contribution in [1.82, 2.24) is 29.1 Å². The number of halogens is 4. The molecule has 1 aliphatic heterocycles. The number of rotatable bonds is 8. The van der Waals surface area contributed by atoms with Crippen LogP contribution in [0.2, 0.25) is 0 Å². The standard InChI is InChI=1S/C20H20F2N4O4.C16H13F2N3O2/c1-2-26-18-11(9-23-20(25-18)24-14-5-6-29-10-15(14)27)7-17(19(26)28)30-16-4-3-12(21)8-13(16)22;1-3-21-15-10(8-19-9(2)20-15)6-14(16(21)22)23-13-5-4-11(17)7-12(13)18/h3-4,7-9,14-15,27H,2,5-6,10H2,1H3,(H,23,24,25);4-8H,3H2,1-2H3/t14-,15-;/m1./s1. The minimum absolute atomic E-state index is 0.0719. The van der Waals surface area contributed by atoms with Crippen molar-refractivity contribution in [2.45, 2.75) is 52.4 Å². The van der Waals surface area contributed by atoms with Gasteiger partial charge in [-0.3, -0.25) is 18.7 Å². The first kappa shape index (κ1) is 36.8. The molecule has 53 heavy (non-hydrogen) atoms. The van der Waals surface area contributed by atoms with Crippen molar-refractivity contribution in [2.75, 3.05) is 18.5 Å². The van der Waals surface area contributed by atoms with Crippen LogP contribution in [0, 0.1) is 30.2 Å². The van der Waals surface area contributed by atoms with Crippen molar-refractivity contribution in [3.05, 3.63) is 111 Å². The van der Waals surface area contributed by atoms with Gasteiger partial charge in [-0.15, -0.1) is 0 Å². The molecule has 1 saturated heterocycles. The van der Waals surface area contributed by atoms with Crippen LogP contribution < -0.4 is 25.9 Å². The Morgan fingerprint density at radius 3 is 1.83 bits per heavy atom. The minimum atomic E-state index is -0.914. The van der Waals surface area contributed by atoms with Gasteiger partial charge in [0, 0.05) is 55.0 Å². The molecule has 4 aromatic heterocycles. The zero-order valence-electron chi connectivity index (χ0n) is 28.6. The largest absolute Gasteiger partial charge is 0.448 e. The van der Waals surface area contributed by atoms with Crippen LogP contribution >= 0.6 is 0 Å². The fourth-order valence-electron chi connectivity index (χ4n) is 5.56. The summed E-state index contributed by atoms with van der Waals surface area (Å²) in [5.41, 5.74) is -0.100. The monoisotopic (exact) mass is 735 g/mol. The molecule has 0 aliphatic carbocycles. The van der Waals surface area contributed by atoms with Crippen molar-refractivity contribution < 1.29 is 36.9 Å². The minimum Gasteiger partial charge on any atom is -0.448 e. The smallest absolute Gasteiger partial charge is 0.295 e. The van der Waals surface area contributed by atoms with Crippen molar-refractivity contribution in [1.29, 1.82) is 0 Å². The summed E-state index contributed by atoms with van der Waals surface area (Å²) in [6.45, 7) is 6.68. The number of fused-ring (bicyclic) bond motifs is 2. The van der Waals surface area contributed by atoms with E-state index in [4.69, 9.17) is 14.2 Å². The zero-order valence-corrected chi connectivity index (χ0v) is 28.6. The molecule has 276 valence electrons. The number of nitrogens with zero attached hydrogens (tertiary/aromatic N) is 6. The number of nitrogens with one attached hydrogen (secondary N) is 1. The first-order valence-corrected chi connectivity index (χ1v) is 16.5. The van der Waals surface area contributed by atoms with Gasteiger partial charge in [-0.1, -0.05) is 0 Å². The molecule has 7 rings (SSSR count). The van der Waals surface area contributed by atoms with Crippen LogP contribution in [0.5, 0.6) is 23.0 Å². The van der Waals surface area contributed by atoms with Gasteiger partial charge in [0.05, 0.1) is 18.8 Å². The molecule has 2 atom stereocenters. The van der Waals surface area contributed by atoms with Gasteiger partial charge in [-0.25, -0.2) is 32.5 Å². The molecule has 2 N–H and O–H groups in total. The molecular formula is C36H33F4N7O6. The Bertz CT molecular complexity index is 2430. The summed E-state index contributed by atoms with van der Waals surface area (Å²) in [6.07, 6.45) is 2.99. The fraction of sp³-hybridized carbons (Fsp3) is 0.278. The third kappa shape index (κ3) is 8.10. The first-order chi connectivity index (χ1) is 25.4. The van der Waals surface area contributed by atoms with E-state index in [1.54, 1.807) is 27.0 Å². The second kappa shape index (κ2) is 15.7. The first-order valence-electron chi connectivity index (χ1n) is 16.5. The van der Waals surface area contributed by atoms with Crippen LogP contribution in [-0.4, -0.2) is 59.5 Å². The topological polar surface area (TPSA) is 156 Å². The number of pyridine rings is 2. The van der Waals surface area contributed by atoms with E-state index >= 15 is 0 Å². The number of aromatic nitrogens is 6. The van der Waals surface area contributed by atoms with Gasteiger partial charge in [0.2, 0.25) is 5.95 Å². The van der Waals surface area contributed by atoms with E-state index in [-0.39, 0.29) is 48.1 Å². The van der Waals surface area contributed by atoms with Crippen LogP contribution in [0.3, 0.4) is 0 Å². The predicted octanol–water partition coefficient (Wildman–Crippen LogP) is 5.63. The van der Waals surface area contributed by atoms with E-state index in [0.29, 0.717) is 59.6 Å². The normalized spacial score (nSPS) is 15.5. The maximum Gasteiger partial charge on any atom is 0.295 e. The highest BCUT2D eigenvalue weighted by atomic mass is 19.1. The molecule has 0 unspecified atom stereocenters. The van der Waals surface area contributed by atoms with Crippen molar-refractivity contribution in [2.24, 2.45) is 0 Å². The van der Waals surface area contributed by atoms with Gasteiger partial charge in [0.1, 0.15) is 28.8 Å². The maximum atomic E-state index is 13.9. The highest BCUT2D eigenvalue weighted by Crippen LogP contribution is 2.27. The predicted molar refractivity (Wildman–Crippen MR) is 185 cm³/mol. The van der Waals surface area contributed by atoms with Crippen LogP contribution in [0.25, 0.3) is 22.1 Å². The molecule has 13 nitrogen and oxygen atoms in total. The van der Waals surface area contributed by atoms with Crippen LogP contribution in [0.1, 0.15) is 26.1 Å². The zero-order chi connectivity index (χ0) is 37.8. The van der Waals surface area contributed by atoms with E-state index in [1.165, 1.54) is 27.5 Å². The lowest BCUT2D eigenvalue weighted by molar-refractivity contribution is -0.0136. The molecule has 0 saturated carbocycles. The van der Waals surface area contributed by atoms with Crippen LogP contribution in [0.4, 0.5) is 23.5 Å². The molecule has 17 heteroatoms. The van der Waals surface area contributed by atoms with Crippen molar-refractivity contribution in [3.8, 4) is 23.0 Å². The average molecular weight is 736 g/mol. The number of aliphatic hydroxyl groups is 1. The average Bonchev–Trinajstić information content (AvgIpc) is 3.13. The lowest BCUT2D eigenvalue weighted by Crippen LogP contribution is -2.42. The fourth-order valence-corrected chi connectivity index (χ4v) is 5.56. The molecule has 0 radical (unpaired) electrons. The van der Waals surface area contributed by atoms with E-state index in [0.717, 1.165) is 24.3 Å². The Morgan fingerprint density at radius 1 is 0.792 bits per heavy atom. The van der Waals surface area contributed by atoms with Crippen LogP contribution in [0.15, 0.2) is 70.5 Å². The summed E-state index contributed by atoms with van der Waals surface area (Å²) in [5, 5.41) is 14.2. The maximum absolute atomic E-state index is 13.9. The molecule has 0 amide bonds. The third-order valence-electron chi connectivity index (χ3n) is 8.21. The number of benzene rings is 2. The second-order valence-corrected chi connectivity index (χ2v) is 11.8. The van der Waals surface area contributed by atoms with Gasteiger partial charge in [-0.2, -0.15) is 4.98 Å². The van der Waals surface area contributed by atoms with Gasteiger partial charge >= 0.3 is 0 Å². The SMILES string of the molecule is CCn1c(=O)c(Oc2ccc(F)cc2F)cc2cnc(C)nc21.CCn1c(=O)c(Oc2ccc(F)cc2F)cc2cnc(N[C@@H]3CCOC[C@H]3O)nc21. The molecule has 1 aliphatic rings. The molecule has 0 spiro atoms. The summed E-state index contributed by atoms with van der Waals surface area (Å²) < 4.78 is 72.5. The Morgan fingerprint density at radius 2 is 1.32 bits per heavy atom. The summed E-state index contributed by atoms with van der Waals surface area (Å²) in [4.78, 5) is 42.4. The lowest BCUT2D eigenvalue weighted by atomic mass is 10.1. The summed E-state index contributed by atoms with van der Waals surface area (Å²) in [5.74, 6) is -3.13. The van der Waals surface area contributed by atoms with E-state index < -0.39 is 40.5 Å². The molecule has 2 aromatic carbocycles. The van der Waals surface area contributed by atoms with Gasteiger partial charge in [-0.05, 0) is 63.6 Å². The van der Waals surface area contributed by atoms with Crippen molar-refractivity contribution in [3.63, 3.8) is 0 Å². The Balaban J connectivity index is 0.000000188.